The summed E-state index contributed by atoms with van der Waals surface area (Å²) in [5.41, 5.74) is -2.70. The van der Waals surface area contributed by atoms with E-state index < -0.39 is 16.8 Å². The van der Waals surface area contributed by atoms with E-state index in [4.69, 9.17) is 18.9 Å². The first-order valence-corrected chi connectivity index (χ1v) is 17.6. The molecule has 4 fully saturated rings. The Hall–Kier alpha value is -0.400. The second-order valence-electron chi connectivity index (χ2n) is 17.7. The average Bonchev–Trinajstić information content (AvgIpc) is 2.97. The second-order valence-corrected chi connectivity index (χ2v) is 17.7. The van der Waals surface area contributed by atoms with Gasteiger partial charge in [-0.1, -0.05) is 54.4 Å². The van der Waals surface area contributed by atoms with Crippen molar-refractivity contribution in [3.8, 4) is 0 Å². The zero-order valence-corrected chi connectivity index (χ0v) is 29.6. The Bertz CT molecular complexity index is 752. The minimum absolute atomic E-state index is 0.0752. The van der Waals surface area contributed by atoms with Gasteiger partial charge < -0.3 is 34.3 Å². The van der Waals surface area contributed by atoms with Crippen molar-refractivity contribution in [1.82, 2.24) is 14.7 Å². The molecule has 3 N–H and O–H groups in total. The summed E-state index contributed by atoms with van der Waals surface area (Å²) < 4.78 is 24.0. The molecular weight excluding hydrogens is 574 g/mol. The molecular formula is C35H67N3O7. The molecule has 45 heavy (non-hydrogen) atoms. The number of rotatable bonds is 6. The SMILES string of the molecule is CC1(C)CCCC(O)(CN2CCN(CC3(O)COCC(C)(C)COC3)CCN(CC3(O)COCC(C)(C)COC3)CC2)CCC1. The highest BCUT2D eigenvalue weighted by atomic mass is 16.5. The molecule has 1 aliphatic carbocycles. The number of nitrogens with zero attached hydrogens (tertiary/aromatic N) is 3. The maximum atomic E-state index is 11.9. The number of β-amino-alcohol motifs (C(OH)–C–C–N with tert-alkyl or cyclic N) is 3. The van der Waals surface area contributed by atoms with Crippen molar-refractivity contribution in [2.75, 3.05) is 112 Å². The van der Waals surface area contributed by atoms with E-state index in [-0.39, 0.29) is 37.3 Å². The van der Waals surface area contributed by atoms with Crippen LogP contribution in [-0.2, 0) is 18.9 Å². The summed E-state index contributed by atoms with van der Waals surface area (Å²) in [6.45, 7) is 22.5. The van der Waals surface area contributed by atoms with Gasteiger partial charge in [0.15, 0.2) is 0 Å². The zero-order chi connectivity index (χ0) is 32.8. The summed E-state index contributed by atoms with van der Waals surface area (Å²) in [6.07, 6.45) is 6.05. The number of hydrogen-bond donors (Lipinski definition) is 3. The number of hydrogen-bond acceptors (Lipinski definition) is 10. The highest BCUT2D eigenvalue weighted by molar-refractivity contribution is 4.91. The molecule has 3 aliphatic heterocycles. The maximum absolute atomic E-state index is 11.9. The van der Waals surface area contributed by atoms with E-state index in [1.165, 1.54) is 0 Å². The maximum Gasteiger partial charge on any atom is 0.124 e. The summed E-state index contributed by atoms with van der Waals surface area (Å²) in [4.78, 5) is 7.04. The van der Waals surface area contributed by atoms with Crippen molar-refractivity contribution in [2.45, 2.75) is 96.9 Å². The lowest BCUT2D eigenvalue weighted by Gasteiger charge is -2.40. The van der Waals surface area contributed by atoms with Crippen molar-refractivity contribution in [2.24, 2.45) is 16.2 Å². The van der Waals surface area contributed by atoms with Gasteiger partial charge in [-0.15, -0.1) is 0 Å². The van der Waals surface area contributed by atoms with Gasteiger partial charge >= 0.3 is 0 Å². The van der Waals surface area contributed by atoms with Crippen LogP contribution in [0.1, 0.15) is 80.1 Å². The highest BCUT2D eigenvalue weighted by Crippen LogP contribution is 2.36. The molecule has 4 aliphatic rings. The van der Waals surface area contributed by atoms with Crippen LogP contribution in [0, 0.1) is 16.2 Å². The van der Waals surface area contributed by atoms with Gasteiger partial charge in [0.25, 0.3) is 0 Å². The fourth-order valence-electron chi connectivity index (χ4n) is 7.53. The molecule has 0 amide bonds. The monoisotopic (exact) mass is 641 g/mol. The quantitative estimate of drug-likeness (QED) is 0.401. The summed E-state index contributed by atoms with van der Waals surface area (Å²) in [5.74, 6) is 0. The summed E-state index contributed by atoms with van der Waals surface area (Å²) in [5, 5.41) is 35.1. The largest absolute Gasteiger partial charge is 0.389 e. The van der Waals surface area contributed by atoms with Crippen LogP contribution in [0.15, 0.2) is 0 Å². The zero-order valence-electron chi connectivity index (χ0n) is 29.6. The molecule has 1 saturated carbocycles. The molecule has 3 heterocycles. The Kier molecular flexibility index (Phi) is 12.8. The fourth-order valence-corrected chi connectivity index (χ4v) is 7.53. The lowest BCUT2D eigenvalue weighted by Crippen LogP contribution is -2.55. The van der Waals surface area contributed by atoms with Gasteiger partial charge in [0.1, 0.15) is 11.2 Å². The Morgan fingerprint density at radius 2 is 0.689 bits per heavy atom. The first-order chi connectivity index (χ1) is 21.0. The van der Waals surface area contributed by atoms with E-state index >= 15 is 0 Å². The lowest BCUT2D eigenvalue weighted by molar-refractivity contribution is -0.156. The van der Waals surface area contributed by atoms with Crippen LogP contribution in [0.4, 0.5) is 0 Å². The van der Waals surface area contributed by atoms with Crippen molar-refractivity contribution >= 4 is 0 Å². The minimum atomic E-state index is -1.10. The topological polar surface area (TPSA) is 107 Å². The van der Waals surface area contributed by atoms with Crippen LogP contribution in [0.5, 0.6) is 0 Å². The minimum Gasteiger partial charge on any atom is -0.389 e. The van der Waals surface area contributed by atoms with E-state index in [9.17, 15) is 15.3 Å². The van der Waals surface area contributed by atoms with Crippen molar-refractivity contribution < 1.29 is 34.3 Å². The molecule has 0 aromatic rings. The standard InChI is InChI=1S/C35H67N3O7/c1-30(2)9-7-11-33(39,12-8-10-30)19-36-13-15-37(20-34(40)26-42-22-31(3,4)23-43-27-34)17-18-38(16-14-36)21-35(41)28-44-24-32(5,6)25-45-29-35/h39-41H,7-29H2,1-6H3. The molecule has 0 atom stereocenters. The van der Waals surface area contributed by atoms with E-state index in [0.29, 0.717) is 51.5 Å². The molecule has 0 aromatic heterocycles. The molecule has 3 saturated heterocycles. The second kappa shape index (κ2) is 15.4. The molecule has 0 unspecified atom stereocenters. The number of ether oxygens (including phenoxy) is 4. The molecule has 0 spiro atoms. The van der Waals surface area contributed by atoms with E-state index in [1.807, 2.05) is 0 Å². The van der Waals surface area contributed by atoms with E-state index in [0.717, 1.165) is 77.8 Å². The predicted octanol–water partition coefficient (Wildman–Crippen LogP) is 2.63. The van der Waals surface area contributed by atoms with Crippen LogP contribution in [0.25, 0.3) is 0 Å². The normalized spacial score (nSPS) is 30.6. The third-order valence-corrected chi connectivity index (χ3v) is 10.2. The van der Waals surface area contributed by atoms with Gasteiger partial charge in [0.05, 0.1) is 58.5 Å². The Morgan fingerprint density at radius 1 is 0.400 bits per heavy atom. The Labute approximate surface area is 273 Å². The summed E-state index contributed by atoms with van der Waals surface area (Å²) >= 11 is 0. The van der Waals surface area contributed by atoms with Gasteiger partial charge in [0, 0.05) is 69.7 Å². The van der Waals surface area contributed by atoms with Gasteiger partial charge in [0.2, 0.25) is 0 Å². The van der Waals surface area contributed by atoms with Crippen LogP contribution < -0.4 is 0 Å². The van der Waals surface area contributed by atoms with Crippen LogP contribution in [0.3, 0.4) is 0 Å². The van der Waals surface area contributed by atoms with Crippen molar-refractivity contribution in [3.63, 3.8) is 0 Å². The third kappa shape index (κ3) is 12.5. The molecule has 10 heteroatoms. The Morgan fingerprint density at radius 3 is 1.00 bits per heavy atom. The smallest absolute Gasteiger partial charge is 0.124 e. The first kappa shape index (κ1) is 37.4. The fraction of sp³-hybridized carbons (Fsp3) is 1.00. The average molecular weight is 642 g/mol. The molecule has 0 aromatic carbocycles. The van der Waals surface area contributed by atoms with Crippen molar-refractivity contribution in [3.05, 3.63) is 0 Å². The van der Waals surface area contributed by atoms with Crippen LogP contribution in [-0.4, -0.2) is 159 Å². The lowest BCUT2D eigenvalue weighted by atomic mass is 9.75. The molecule has 0 radical (unpaired) electrons. The van der Waals surface area contributed by atoms with Crippen LogP contribution >= 0.6 is 0 Å². The van der Waals surface area contributed by atoms with Gasteiger partial charge in [-0.2, -0.15) is 0 Å². The first-order valence-electron chi connectivity index (χ1n) is 17.6. The Balaban J connectivity index is 1.45. The van der Waals surface area contributed by atoms with Crippen LogP contribution in [0.2, 0.25) is 0 Å². The predicted molar refractivity (Wildman–Crippen MR) is 176 cm³/mol. The van der Waals surface area contributed by atoms with Crippen molar-refractivity contribution in [1.29, 1.82) is 0 Å². The molecule has 0 bridgehead atoms. The third-order valence-electron chi connectivity index (χ3n) is 10.2. The van der Waals surface area contributed by atoms with Gasteiger partial charge in [-0.25, -0.2) is 0 Å². The van der Waals surface area contributed by atoms with Gasteiger partial charge in [-0.3, -0.25) is 14.7 Å². The van der Waals surface area contributed by atoms with E-state index in [2.05, 4.69) is 56.2 Å². The molecule has 264 valence electrons. The highest BCUT2D eigenvalue weighted by Gasteiger charge is 2.39. The molecule has 10 nitrogen and oxygen atoms in total. The summed E-state index contributed by atoms with van der Waals surface area (Å²) in [7, 11) is 0. The summed E-state index contributed by atoms with van der Waals surface area (Å²) in [6, 6.07) is 0. The molecule has 4 rings (SSSR count). The van der Waals surface area contributed by atoms with Gasteiger partial charge in [-0.05, 0) is 31.1 Å². The van der Waals surface area contributed by atoms with E-state index in [1.54, 1.807) is 0 Å². The number of aliphatic hydroxyl groups is 3.